The van der Waals surface area contributed by atoms with Gasteiger partial charge in [-0.2, -0.15) is 0 Å². The summed E-state index contributed by atoms with van der Waals surface area (Å²) in [6.07, 6.45) is 2.35. The van der Waals surface area contributed by atoms with Gasteiger partial charge in [-0.05, 0) is 40.5 Å². The van der Waals surface area contributed by atoms with Crippen LogP contribution in [0.3, 0.4) is 0 Å². The predicted octanol–water partition coefficient (Wildman–Crippen LogP) is 1.47. The van der Waals surface area contributed by atoms with Crippen LogP contribution in [0.2, 0.25) is 0 Å². The summed E-state index contributed by atoms with van der Waals surface area (Å²) in [5.41, 5.74) is 0.554. The van der Waals surface area contributed by atoms with Gasteiger partial charge >= 0.3 is 0 Å². The maximum Gasteiger partial charge on any atom is 0.267 e. The molecule has 0 aliphatic rings. The van der Waals surface area contributed by atoms with Gasteiger partial charge in [0.25, 0.3) is 5.91 Å². The predicted molar refractivity (Wildman–Crippen MR) is 84.8 cm³/mol. The van der Waals surface area contributed by atoms with Gasteiger partial charge in [0.2, 0.25) is 10.0 Å². The van der Waals surface area contributed by atoms with Gasteiger partial charge in [0.1, 0.15) is 9.90 Å². The van der Waals surface area contributed by atoms with Crippen LogP contribution in [0.15, 0.2) is 33.1 Å². The molecule has 1 amide bonds. The summed E-state index contributed by atoms with van der Waals surface area (Å²) in [7, 11) is -1.86. The summed E-state index contributed by atoms with van der Waals surface area (Å²) in [6, 6.07) is 4.92. The average molecular weight is 392 g/mol. The monoisotopic (exact) mass is 391 g/mol. The molecule has 6 nitrogen and oxygen atoms in total. The first kappa shape index (κ1) is 16.2. The quantitative estimate of drug-likeness (QED) is 0.807. The van der Waals surface area contributed by atoms with Crippen LogP contribution in [0.5, 0.6) is 0 Å². The molecule has 0 aliphatic heterocycles. The van der Waals surface area contributed by atoms with E-state index in [-0.39, 0.29) is 10.1 Å². The van der Waals surface area contributed by atoms with Crippen LogP contribution in [0.25, 0.3) is 0 Å². The van der Waals surface area contributed by atoms with E-state index in [9.17, 15) is 13.2 Å². The number of rotatable bonds is 5. The Labute approximate surface area is 135 Å². The second kappa shape index (κ2) is 6.30. The molecule has 2 rings (SSSR count). The lowest BCUT2D eigenvalue weighted by Crippen LogP contribution is -2.27. The van der Waals surface area contributed by atoms with E-state index in [1.807, 2.05) is 0 Å². The highest BCUT2D eigenvalue weighted by molar-refractivity contribution is 9.10. The molecule has 0 saturated carbocycles. The van der Waals surface area contributed by atoms with Crippen LogP contribution in [0, 0.1) is 0 Å². The summed E-state index contributed by atoms with van der Waals surface area (Å²) in [6.45, 7) is 0.423. The first-order valence-electron chi connectivity index (χ1n) is 5.99. The number of amides is 1. The zero-order valence-corrected chi connectivity index (χ0v) is 14.4. The molecule has 2 aromatic heterocycles. The topological polar surface area (TPSA) is 94.2 Å². The summed E-state index contributed by atoms with van der Waals surface area (Å²) in [4.78, 5) is 12.8. The van der Waals surface area contributed by atoms with Crippen LogP contribution in [0.4, 0.5) is 0 Å². The molecule has 9 heteroatoms. The van der Waals surface area contributed by atoms with Crippen molar-refractivity contribution >= 4 is 43.2 Å². The number of nitrogens with one attached hydrogen (secondary N) is 1. The standard InChI is InChI=1S/C12H14BrN3O3S2/c1-16-7-8(13)6-10(16)12(17)15-5-4-9-2-3-11(20-9)21(14,18)19/h2-3,6-7H,4-5H2,1H3,(H,15,17)(H2,14,18,19). The van der Waals surface area contributed by atoms with E-state index >= 15 is 0 Å². The lowest BCUT2D eigenvalue weighted by atomic mass is 10.3. The first-order chi connectivity index (χ1) is 9.77. The van der Waals surface area contributed by atoms with Crippen molar-refractivity contribution in [3.05, 3.63) is 39.4 Å². The summed E-state index contributed by atoms with van der Waals surface area (Å²) >= 11 is 4.43. The number of aryl methyl sites for hydroxylation is 1. The number of hydrogen-bond acceptors (Lipinski definition) is 4. The molecule has 2 aromatic rings. The van der Waals surface area contributed by atoms with Gasteiger partial charge in [-0.3, -0.25) is 4.79 Å². The van der Waals surface area contributed by atoms with Crippen molar-refractivity contribution in [2.24, 2.45) is 12.2 Å². The molecule has 21 heavy (non-hydrogen) atoms. The molecule has 3 N–H and O–H groups in total. The highest BCUT2D eigenvalue weighted by atomic mass is 79.9. The number of thiophene rings is 1. The third kappa shape index (κ3) is 4.16. The molecule has 0 saturated heterocycles. The van der Waals surface area contributed by atoms with Gasteiger partial charge in [-0.1, -0.05) is 0 Å². The van der Waals surface area contributed by atoms with Crippen LogP contribution in [0.1, 0.15) is 15.4 Å². The molecule has 0 radical (unpaired) electrons. The molecule has 0 spiro atoms. The smallest absolute Gasteiger partial charge is 0.267 e. The van der Waals surface area contributed by atoms with Crippen LogP contribution in [-0.4, -0.2) is 25.4 Å². The van der Waals surface area contributed by atoms with Gasteiger partial charge in [0.15, 0.2) is 0 Å². The Kier molecular flexibility index (Phi) is 4.87. The molecule has 0 bridgehead atoms. The Balaban J connectivity index is 1.91. The van der Waals surface area contributed by atoms with Gasteiger partial charge < -0.3 is 9.88 Å². The van der Waals surface area contributed by atoms with Gasteiger partial charge in [0.05, 0.1) is 0 Å². The minimum absolute atomic E-state index is 0.134. The Bertz CT molecular complexity index is 765. The fourth-order valence-electron chi connectivity index (χ4n) is 1.79. The fraction of sp³-hybridized carbons (Fsp3) is 0.250. The van der Waals surface area contributed by atoms with E-state index in [4.69, 9.17) is 5.14 Å². The van der Waals surface area contributed by atoms with Crippen LogP contribution < -0.4 is 10.5 Å². The summed E-state index contributed by atoms with van der Waals surface area (Å²) < 4.78 is 25.0. The Morgan fingerprint density at radius 2 is 2.19 bits per heavy atom. The number of carbonyl (C=O) groups excluding carboxylic acids is 1. The number of nitrogens with zero attached hydrogens (tertiary/aromatic N) is 1. The zero-order chi connectivity index (χ0) is 15.6. The molecule has 0 unspecified atom stereocenters. The van der Waals surface area contributed by atoms with Crippen molar-refractivity contribution in [2.45, 2.75) is 10.6 Å². The summed E-state index contributed by atoms with van der Waals surface area (Å²) in [5, 5.41) is 7.84. The van der Waals surface area contributed by atoms with E-state index in [1.54, 1.807) is 29.9 Å². The van der Waals surface area contributed by atoms with E-state index in [1.165, 1.54) is 6.07 Å². The Hall–Kier alpha value is -1.16. The molecule has 0 atom stereocenters. The second-order valence-corrected chi connectivity index (χ2v) is 8.30. The van der Waals surface area contributed by atoms with Crippen molar-refractivity contribution < 1.29 is 13.2 Å². The van der Waals surface area contributed by atoms with Crippen molar-refractivity contribution in [1.82, 2.24) is 9.88 Å². The van der Waals surface area contributed by atoms with E-state index < -0.39 is 10.0 Å². The normalized spacial score (nSPS) is 11.6. The van der Waals surface area contributed by atoms with E-state index in [2.05, 4.69) is 21.2 Å². The zero-order valence-electron chi connectivity index (χ0n) is 11.2. The highest BCUT2D eigenvalue weighted by Crippen LogP contribution is 2.20. The lowest BCUT2D eigenvalue weighted by Gasteiger charge is -2.05. The number of halogens is 1. The molecular formula is C12H14BrN3O3S2. The van der Waals surface area contributed by atoms with Gasteiger partial charge in [-0.25, -0.2) is 13.6 Å². The fourth-order valence-corrected chi connectivity index (χ4v) is 4.09. The molecular weight excluding hydrogens is 378 g/mol. The van der Waals surface area contributed by atoms with Gasteiger partial charge in [-0.15, -0.1) is 11.3 Å². The van der Waals surface area contributed by atoms with E-state index in [0.29, 0.717) is 18.7 Å². The number of carbonyl (C=O) groups is 1. The highest BCUT2D eigenvalue weighted by Gasteiger charge is 2.12. The molecule has 0 aromatic carbocycles. The van der Waals surface area contributed by atoms with Gasteiger partial charge in [0, 0.05) is 29.1 Å². The second-order valence-electron chi connectivity index (χ2n) is 4.43. The average Bonchev–Trinajstić information content (AvgIpc) is 2.95. The van der Waals surface area contributed by atoms with E-state index in [0.717, 1.165) is 20.7 Å². The SMILES string of the molecule is Cn1cc(Br)cc1C(=O)NCCc1ccc(S(N)(=O)=O)s1. The number of sulfonamides is 1. The number of primary sulfonamides is 1. The number of aromatic nitrogens is 1. The van der Waals surface area contributed by atoms with Crippen molar-refractivity contribution in [3.8, 4) is 0 Å². The maximum atomic E-state index is 12.0. The number of nitrogens with two attached hydrogens (primary N) is 1. The largest absolute Gasteiger partial charge is 0.350 e. The first-order valence-corrected chi connectivity index (χ1v) is 9.14. The van der Waals surface area contributed by atoms with Crippen LogP contribution in [-0.2, 0) is 23.5 Å². The minimum atomic E-state index is -3.65. The molecule has 0 aliphatic carbocycles. The van der Waals surface area contributed by atoms with Crippen molar-refractivity contribution in [1.29, 1.82) is 0 Å². The van der Waals surface area contributed by atoms with Crippen molar-refractivity contribution in [2.75, 3.05) is 6.54 Å². The molecule has 0 fully saturated rings. The third-order valence-corrected chi connectivity index (χ3v) is 5.80. The lowest BCUT2D eigenvalue weighted by molar-refractivity contribution is 0.0946. The number of hydrogen-bond donors (Lipinski definition) is 2. The molecule has 114 valence electrons. The summed E-state index contributed by atoms with van der Waals surface area (Å²) in [5.74, 6) is -0.175. The minimum Gasteiger partial charge on any atom is -0.350 e. The van der Waals surface area contributed by atoms with Crippen molar-refractivity contribution in [3.63, 3.8) is 0 Å². The Morgan fingerprint density at radius 3 is 2.71 bits per heavy atom. The molecule has 2 heterocycles. The maximum absolute atomic E-state index is 12.0. The third-order valence-electron chi connectivity index (χ3n) is 2.78. The Morgan fingerprint density at radius 1 is 1.48 bits per heavy atom. The van der Waals surface area contributed by atoms with Crippen LogP contribution >= 0.6 is 27.3 Å².